The number of amides is 1. The van der Waals surface area contributed by atoms with Crippen LogP contribution in [-0.4, -0.2) is 37.4 Å². The average Bonchev–Trinajstić information content (AvgIpc) is 2.44. The predicted octanol–water partition coefficient (Wildman–Crippen LogP) is 2.23. The molecule has 5 nitrogen and oxygen atoms in total. The molecule has 0 fully saturated rings. The van der Waals surface area contributed by atoms with Crippen LogP contribution >= 0.6 is 0 Å². The Hall–Kier alpha value is -1.75. The molecule has 118 valence electrons. The number of benzene rings is 1. The highest BCUT2D eigenvalue weighted by molar-refractivity contribution is 5.94. The number of aliphatic hydroxyl groups is 1. The Morgan fingerprint density at radius 1 is 1.33 bits per heavy atom. The zero-order chi connectivity index (χ0) is 15.8. The second-order valence-electron chi connectivity index (χ2n) is 5.29. The molecule has 0 bridgehead atoms. The molecule has 1 aromatic carbocycles. The van der Waals surface area contributed by atoms with Gasteiger partial charge in [0, 0.05) is 12.1 Å². The molecule has 1 rings (SSSR count). The molecule has 1 atom stereocenters. The van der Waals surface area contributed by atoms with Crippen LogP contribution in [-0.2, 0) is 0 Å². The molecule has 0 aliphatic heterocycles. The van der Waals surface area contributed by atoms with E-state index in [4.69, 9.17) is 9.47 Å². The summed E-state index contributed by atoms with van der Waals surface area (Å²) in [4.78, 5) is 12.1. The Bertz CT molecular complexity index is 460. The number of carbonyl (C=O) groups excluding carboxylic acids is 1. The lowest BCUT2D eigenvalue weighted by atomic mass is 10.1. The van der Waals surface area contributed by atoms with Crippen molar-refractivity contribution in [1.29, 1.82) is 0 Å². The number of carbonyl (C=O) groups is 1. The summed E-state index contributed by atoms with van der Waals surface area (Å²) in [5.74, 6) is 1.28. The average molecular weight is 295 g/mol. The van der Waals surface area contributed by atoms with E-state index in [2.05, 4.69) is 5.32 Å². The standard InChI is InChI=1S/C16H25NO4/c1-5-21-15-9-12(6-7-14(15)20-4)16(19)17-10-13(18)8-11(2)3/h6-7,9,11,13,18H,5,8,10H2,1-4H3,(H,17,19). The van der Waals surface area contributed by atoms with Crippen LogP contribution in [0.15, 0.2) is 18.2 Å². The van der Waals surface area contributed by atoms with Crippen LogP contribution in [0.5, 0.6) is 11.5 Å². The Morgan fingerprint density at radius 3 is 2.62 bits per heavy atom. The van der Waals surface area contributed by atoms with Gasteiger partial charge in [0.05, 0.1) is 19.8 Å². The van der Waals surface area contributed by atoms with Crippen LogP contribution in [0, 0.1) is 5.92 Å². The number of rotatable bonds is 8. The molecule has 1 aromatic rings. The molecular formula is C16H25NO4. The molecule has 0 saturated heterocycles. The van der Waals surface area contributed by atoms with Crippen LogP contribution < -0.4 is 14.8 Å². The first-order valence-electron chi connectivity index (χ1n) is 7.25. The van der Waals surface area contributed by atoms with Gasteiger partial charge in [-0.15, -0.1) is 0 Å². The molecule has 0 aliphatic carbocycles. The summed E-state index contributed by atoms with van der Waals surface area (Å²) in [5.41, 5.74) is 0.482. The van der Waals surface area contributed by atoms with Crippen LogP contribution in [0.1, 0.15) is 37.6 Å². The maximum absolute atomic E-state index is 12.1. The molecule has 2 N–H and O–H groups in total. The van der Waals surface area contributed by atoms with E-state index >= 15 is 0 Å². The molecule has 0 heterocycles. The predicted molar refractivity (Wildman–Crippen MR) is 82.0 cm³/mol. The summed E-state index contributed by atoms with van der Waals surface area (Å²) in [6, 6.07) is 5.02. The minimum absolute atomic E-state index is 0.235. The van der Waals surface area contributed by atoms with Gasteiger partial charge in [-0.2, -0.15) is 0 Å². The molecule has 1 amide bonds. The molecular weight excluding hydrogens is 270 g/mol. The number of methoxy groups -OCH3 is 1. The number of hydrogen-bond acceptors (Lipinski definition) is 4. The van der Waals surface area contributed by atoms with Crippen LogP contribution in [0.3, 0.4) is 0 Å². The third-order valence-electron chi connectivity index (χ3n) is 2.97. The van der Waals surface area contributed by atoms with Gasteiger partial charge in [0.25, 0.3) is 5.91 Å². The van der Waals surface area contributed by atoms with E-state index in [-0.39, 0.29) is 12.5 Å². The molecule has 5 heteroatoms. The maximum Gasteiger partial charge on any atom is 0.251 e. The third-order valence-corrected chi connectivity index (χ3v) is 2.97. The maximum atomic E-state index is 12.1. The van der Waals surface area contributed by atoms with Gasteiger partial charge in [-0.3, -0.25) is 4.79 Å². The highest BCUT2D eigenvalue weighted by atomic mass is 16.5. The highest BCUT2D eigenvalue weighted by Crippen LogP contribution is 2.27. The molecule has 1 unspecified atom stereocenters. The van der Waals surface area contributed by atoms with E-state index in [0.717, 1.165) is 0 Å². The topological polar surface area (TPSA) is 67.8 Å². The quantitative estimate of drug-likeness (QED) is 0.772. The second-order valence-corrected chi connectivity index (χ2v) is 5.29. The van der Waals surface area contributed by atoms with Crippen molar-refractivity contribution in [3.05, 3.63) is 23.8 Å². The Labute approximate surface area is 126 Å². The lowest BCUT2D eigenvalue weighted by Gasteiger charge is -2.15. The normalized spacial score (nSPS) is 12.1. The zero-order valence-electron chi connectivity index (χ0n) is 13.2. The van der Waals surface area contributed by atoms with Gasteiger partial charge in [0.15, 0.2) is 11.5 Å². The zero-order valence-corrected chi connectivity index (χ0v) is 13.2. The molecule has 0 aromatic heterocycles. The fourth-order valence-corrected chi connectivity index (χ4v) is 2.03. The van der Waals surface area contributed by atoms with Gasteiger partial charge in [-0.25, -0.2) is 0 Å². The number of nitrogens with one attached hydrogen (secondary N) is 1. The van der Waals surface area contributed by atoms with Crippen molar-refractivity contribution < 1.29 is 19.4 Å². The largest absolute Gasteiger partial charge is 0.493 e. The van der Waals surface area contributed by atoms with E-state index in [0.29, 0.717) is 36.0 Å². The van der Waals surface area contributed by atoms with Crippen molar-refractivity contribution in [1.82, 2.24) is 5.32 Å². The van der Waals surface area contributed by atoms with E-state index in [1.165, 1.54) is 0 Å². The van der Waals surface area contributed by atoms with Crippen LogP contribution in [0.4, 0.5) is 0 Å². The Morgan fingerprint density at radius 2 is 2.05 bits per heavy atom. The molecule has 21 heavy (non-hydrogen) atoms. The second kappa shape index (κ2) is 8.52. The van der Waals surface area contributed by atoms with Crippen molar-refractivity contribution in [3.8, 4) is 11.5 Å². The van der Waals surface area contributed by atoms with Gasteiger partial charge in [-0.1, -0.05) is 13.8 Å². The summed E-state index contributed by atoms with van der Waals surface area (Å²) in [6.07, 6.45) is 0.131. The van der Waals surface area contributed by atoms with Crippen molar-refractivity contribution in [2.24, 2.45) is 5.92 Å². The first-order chi connectivity index (χ1) is 9.97. The van der Waals surface area contributed by atoms with Crippen LogP contribution in [0.2, 0.25) is 0 Å². The van der Waals surface area contributed by atoms with E-state index in [1.54, 1.807) is 25.3 Å². The number of ether oxygens (including phenoxy) is 2. The monoisotopic (exact) mass is 295 g/mol. The van der Waals surface area contributed by atoms with Crippen molar-refractivity contribution >= 4 is 5.91 Å². The Balaban J connectivity index is 2.67. The van der Waals surface area contributed by atoms with E-state index in [9.17, 15) is 9.90 Å². The van der Waals surface area contributed by atoms with Gasteiger partial charge in [0.1, 0.15) is 0 Å². The molecule has 0 saturated carbocycles. The summed E-state index contributed by atoms with van der Waals surface area (Å²) < 4.78 is 10.6. The van der Waals surface area contributed by atoms with Crippen molar-refractivity contribution in [2.75, 3.05) is 20.3 Å². The fourth-order valence-electron chi connectivity index (χ4n) is 2.03. The minimum Gasteiger partial charge on any atom is -0.493 e. The molecule has 0 spiro atoms. The SMILES string of the molecule is CCOc1cc(C(=O)NCC(O)CC(C)C)ccc1OC. The van der Waals surface area contributed by atoms with Crippen molar-refractivity contribution in [2.45, 2.75) is 33.3 Å². The number of aliphatic hydroxyl groups excluding tert-OH is 1. The third kappa shape index (κ3) is 5.63. The molecule has 0 aliphatic rings. The van der Waals surface area contributed by atoms with E-state index in [1.807, 2.05) is 20.8 Å². The van der Waals surface area contributed by atoms with Gasteiger partial charge in [-0.05, 0) is 37.5 Å². The lowest BCUT2D eigenvalue weighted by molar-refractivity contribution is 0.0900. The summed E-state index contributed by atoms with van der Waals surface area (Å²) in [7, 11) is 1.56. The summed E-state index contributed by atoms with van der Waals surface area (Å²) in [5, 5.41) is 12.5. The Kier molecular flexibility index (Phi) is 7.02. The summed E-state index contributed by atoms with van der Waals surface area (Å²) in [6.45, 7) is 6.67. The van der Waals surface area contributed by atoms with Crippen molar-refractivity contribution in [3.63, 3.8) is 0 Å². The van der Waals surface area contributed by atoms with Gasteiger partial charge in [0.2, 0.25) is 0 Å². The van der Waals surface area contributed by atoms with E-state index < -0.39 is 6.10 Å². The van der Waals surface area contributed by atoms with Gasteiger partial charge >= 0.3 is 0 Å². The first kappa shape index (κ1) is 17.3. The summed E-state index contributed by atoms with van der Waals surface area (Å²) >= 11 is 0. The molecule has 0 radical (unpaired) electrons. The fraction of sp³-hybridized carbons (Fsp3) is 0.562. The van der Waals surface area contributed by atoms with Crippen LogP contribution in [0.25, 0.3) is 0 Å². The highest BCUT2D eigenvalue weighted by Gasteiger charge is 2.13. The van der Waals surface area contributed by atoms with Gasteiger partial charge < -0.3 is 19.9 Å². The first-order valence-corrected chi connectivity index (χ1v) is 7.25. The smallest absolute Gasteiger partial charge is 0.251 e. The number of hydrogen-bond donors (Lipinski definition) is 2. The lowest BCUT2D eigenvalue weighted by Crippen LogP contribution is -2.32. The minimum atomic E-state index is -0.529.